The van der Waals surface area contributed by atoms with Gasteiger partial charge in [0.05, 0.1) is 0 Å². The van der Waals surface area contributed by atoms with E-state index in [4.69, 9.17) is 0 Å². The maximum atomic E-state index is 11.5. The maximum absolute atomic E-state index is 11.5. The summed E-state index contributed by atoms with van der Waals surface area (Å²) in [5, 5.41) is 0. The van der Waals surface area contributed by atoms with Crippen LogP contribution in [-0.4, -0.2) is 32.7 Å². The van der Waals surface area contributed by atoms with E-state index in [9.17, 15) is 13.2 Å². The number of rotatable bonds is 6. The Morgan fingerprint density at radius 2 is 1.72 bits per heavy atom. The molecular formula is C11H21N2O3SY-. The van der Waals surface area contributed by atoms with Gasteiger partial charge in [-0.3, -0.25) is 0 Å². The van der Waals surface area contributed by atoms with Gasteiger partial charge in [-0.15, -0.1) is 0 Å². The van der Waals surface area contributed by atoms with Gasteiger partial charge in [0.15, 0.2) is 0 Å². The third-order valence-electron chi connectivity index (χ3n) is 3.64. The molecule has 1 fully saturated rings. The van der Waals surface area contributed by atoms with Crippen molar-refractivity contribution in [3.05, 3.63) is 0 Å². The molecule has 0 bridgehead atoms. The third-order valence-corrected chi connectivity index (χ3v) is 4.95. The molecule has 1 aliphatic rings. The predicted molar refractivity (Wildman–Crippen MR) is 66.1 cm³/mol. The van der Waals surface area contributed by atoms with Gasteiger partial charge in [0.25, 0.3) is 10.2 Å². The van der Waals surface area contributed by atoms with E-state index in [0.717, 1.165) is 18.8 Å². The summed E-state index contributed by atoms with van der Waals surface area (Å²) in [6.45, 7) is 2.68. The molecule has 1 N–H and O–H groups in total. The Morgan fingerprint density at radius 3 is 2.17 bits per heavy atom. The molecule has 1 amide bonds. The van der Waals surface area contributed by atoms with E-state index in [2.05, 4.69) is 6.92 Å². The first-order valence-electron chi connectivity index (χ1n) is 6.09. The van der Waals surface area contributed by atoms with Crippen LogP contribution in [0, 0.1) is 11.8 Å². The molecule has 1 saturated carbocycles. The van der Waals surface area contributed by atoms with Crippen LogP contribution in [0.5, 0.6) is 0 Å². The van der Waals surface area contributed by atoms with Gasteiger partial charge in [-0.2, -0.15) is 19.1 Å². The number of nitrogens with one attached hydrogen (secondary N) is 1. The van der Waals surface area contributed by atoms with Gasteiger partial charge in [-0.25, -0.2) is 0 Å². The van der Waals surface area contributed by atoms with Crippen molar-refractivity contribution in [2.75, 3.05) is 13.6 Å². The van der Waals surface area contributed by atoms with Crippen molar-refractivity contribution >= 4 is 16.6 Å². The molecule has 0 spiro atoms. The number of carbonyl (C=O) groups excluding carboxylic acids is 1. The van der Waals surface area contributed by atoms with Crippen LogP contribution in [0.1, 0.15) is 39.0 Å². The van der Waals surface area contributed by atoms with E-state index in [-0.39, 0.29) is 32.7 Å². The molecule has 1 rings (SSSR count). The molecule has 0 atom stereocenters. The minimum atomic E-state index is -3.67. The van der Waals surface area contributed by atoms with Crippen LogP contribution in [-0.2, 0) is 47.7 Å². The fourth-order valence-corrected chi connectivity index (χ4v) is 3.08. The average molecular weight is 350 g/mol. The van der Waals surface area contributed by atoms with E-state index in [1.54, 1.807) is 4.72 Å². The van der Waals surface area contributed by atoms with Gasteiger partial charge < -0.3 is 9.52 Å². The van der Waals surface area contributed by atoms with Crippen molar-refractivity contribution in [3.63, 3.8) is 0 Å². The standard InChI is InChI=1S/C11H21N2O3S.Y/c1-3-10-4-6-11(7-5-10)8-13(2)17(15,16)12-9-14;/h10-11H,3-8H2,1-2H3,(H,12,14);/q-1;. The van der Waals surface area contributed by atoms with Crippen molar-refractivity contribution in [1.29, 1.82) is 0 Å². The van der Waals surface area contributed by atoms with Crippen molar-refractivity contribution in [2.45, 2.75) is 39.0 Å². The Hall–Kier alpha value is 0.484. The Balaban J connectivity index is 0.00000289. The summed E-state index contributed by atoms with van der Waals surface area (Å²) in [5.41, 5.74) is 0. The second-order valence-electron chi connectivity index (χ2n) is 4.78. The Kier molecular flexibility index (Phi) is 8.85. The first-order chi connectivity index (χ1) is 7.99. The quantitative estimate of drug-likeness (QED) is 0.575. The molecule has 1 radical (unpaired) electrons. The van der Waals surface area contributed by atoms with Gasteiger partial charge in [-0.1, -0.05) is 26.2 Å². The van der Waals surface area contributed by atoms with E-state index in [1.165, 1.54) is 37.0 Å². The molecule has 0 unspecified atom stereocenters. The Bertz CT molecular complexity index is 340. The summed E-state index contributed by atoms with van der Waals surface area (Å²) in [6.07, 6.45) is 6.93. The summed E-state index contributed by atoms with van der Waals surface area (Å²) in [5.74, 6) is 1.21. The number of hydrogen-bond donors (Lipinski definition) is 1. The zero-order chi connectivity index (χ0) is 12.9. The van der Waals surface area contributed by atoms with Crippen molar-refractivity contribution in [1.82, 2.24) is 9.03 Å². The predicted octanol–water partition coefficient (Wildman–Crippen LogP) is 1.03. The third kappa shape index (κ3) is 5.63. The molecule has 0 heterocycles. The van der Waals surface area contributed by atoms with E-state index < -0.39 is 10.2 Å². The van der Waals surface area contributed by atoms with Crippen LogP contribution in [0.4, 0.5) is 0 Å². The Morgan fingerprint density at radius 1 is 1.22 bits per heavy atom. The number of hydrogen-bond acceptors (Lipinski definition) is 3. The van der Waals surface area contributed by atoms with Crippen LogP contribution < -0.4 is 4.72 Å². The average Bonchev–Trinajstić information content (AvgIpc) is 2.30. The summed E-state index contributed by atoms with van der Waals surface area (Å²) in [4.78, 5) is 10.1. The molecular weight excluding hydrogens is 329 g/mol. The molecule has 7 heteroatoms. The normalized spacial score (nSPS) is 24.4. The monoisotopic (exact) mass is 350 g/mol. The van der Waals surface area contributed by atoms with Crippen molar-refractivity contribution in [3.8, 4) is 0 Å². The summed E-state index contributed by atoms with van der Waals surface area (Å²) < 4.78 is 25.9. The van der Waals surface area contributed by atoms with E-state index in [0.29, 0.717) is 12.5 Å². The smallest absolute Gasteiger partial charge is 0.273 e. The van der Waals surface area contributed by atoms with Crippen LogP contribution >= 0.6 is 0 Å². The van der Waals surface area contributed by atoms with Gasteiger partial charge in [-0.05, 0) is 24.7 Å². The maximum Gasteiger partial charge on any atom is 0.273 e. The summed E-state index contributed by atoms with van der Waals surface area (Å²) >= 11 is 0. The SMILES string of the molecule is CCC1CCC(CN(C)S(=O)(=O)N[C-]=O)CC1.[Y]. The summed E-state index contributed by atoms with van der Waals surface area (Å²) in [6, 6.07) is 0. The fourth-order valence-electron chi connectivity index (χ4n) is 2.41. The topological polar surface area (TPSA) is 66.5 Å². The molecule has 103 valence electrons. The molecule has 0 aromatic rings. The molecule has 0 saturated heterocycles. The van der Waals surface area contributed by atoms with Crippen molar-refractivity contribution in [2.24, 2.45) is 11.8 Å². The zero-order valence-corrected chi connectivity index (χ0v) is 14.7. The number of nitrogens with zero attached hydrogens (tertiary/aromatic N) is 1. The number of amides is 1. The van der Waals surface area contributed by atoms with Gasteiger partial charge in [0, 0.05) is 46.3 Å². The van der Waals surface area contributed by atoms with Gasteiger partial charge in [0.1, 0.15) is 0 Å². The first-order valence-corrected chi connectivity index (χ1v) is 7.53. The molecule has 0 aromatic carbocycles. The molecule has 0 aromatic heterocycles. The summed E-state index contributed by atoms with van der Waals surface area (Å²) in [7, 11) is -2.18. The Labute approximate surface area is 135 Å². The zero-order valence-electron chi connectivity index (χ0n) is 11.1. The van der Waals surface area contributed by atoms with Gasteiger partial charge in [0.2, 0.25) is 0 Å². The molecule has 1 aliphatic carbocycles. The van der Waals surface area contributed by atoms with E-state index in [1.807, 2.05) is 0 Å². The molecule has 0 aliphatic heterocycles. The van der Waals surface area contributed by atoms with Crippen LogP contribution in [0.2, 0.25) is 0 Å². The van der Waals surface area contributed by atoms with E-state index >= 15 is 0 Å². The largest absolute Gasteiger partial charge is 0.519 e. The van der Waals surface area contributed by atoms with Crippen LogP contribution in [0.15, 0.2) is 0 Å². The van der Waals surface area contributed by atoms with Gasteiger partial charge >= 0.3 is 0 Å². The van der Waals surface area contributed by atoms with Crippen LogP contribution in [0.25, 0.3) is 0 Å². The second-order valence-corrected chi connectivity index (χ2v) is 6.56. The van der Waals surface area contributed by atoms with Crippen molar-refractivity contribution < 1.29 is 45.9 Å². The minimum Gasteiger partial charge on any atom is -0.519 e. The van der Waals surface area contributed by atoms with Crippen LogP contribution in [0.3, 0.4) is 0 Å². The molecule has 5 nitrogen and oxygen atoms in total. The second kappa shape index (κ2) is 8.61. The minimum absolute atomic E-state index is 0. The fraction of sp³-hybridized carbons (Fsp3) is 0.909. The molecule has 18 heavy (non-hydrogen) atoms. The first kappa shape index (κ1) is 18.5.